The molecular formula is C21H26O4. The molecule has 1 fully saturated rings. The minimum atomic E-state index is -0.501. The van der Waals surface area contributed by atoms with Gasteiger partial charge in [-0.2, -0.15) is 0 Å². The van der Waals surface area contributed by atoms with Crippen LogP contribution in [0.1, 0.15) is 56.1 Å². The van der Waals surface area contributed by atoms with Gasteiger partial charge in [0.2, 0.25) is 0 Å². The van der Waals surface area contributed by atoms with Crippen LogP contribution in [0.4, 0.5) is 0 Å². The van der Waals surface area contributed by atoms with Gasteiger partial charge in [-0.05, 0) is 44.9 Å². The molecule has 0 aliphatic heterocycles. The summed E-state index contributed by atoms with van der Waals surface area (Å²) in [4.78, 5) is 0. The second-order valence-electron chi connectivity index (χ2n) is 7.56. The van der Waals surface area contributed by atoms with Crippen LogP contribution in [0, 0.1) is 0 Å². The fourth-order valence-corrected chi connectivity index (χ4v) is 4.45. The Kier molecular flexibility index (Phi) is 4.34. The largest absolute Gasteiger partial charge is 0.490 e. The maximum atomic E-state index is 9.69. The maximum absolute atomic E-state index is 9.69. The summed E-state index contributed by atoms with van der Waals surface area (Å²) in [5, 5.41) is 21.5. The third-order valence-corrected chi connectivity index (χ3v) is 5.38. The van der Waals surface area contributed by atoms with E-state index in [-0.39, 0.29) is 0 Å². The van der Waals surface area contributed by atoms with Crippen molar-refractivity contribution in [1.82, 2.24) is 0 Å². The molecule has 4 atom stereocenters. The number of ether oxygens (including phenoxy) is 2. The van der Waals surface area contributed by atoms with E-state index in [0.29, 0.717) is 25.0 Å². The van der Waals surface area contributed by atoms with Crippen molar-refractivity contribution in [2.24, 2.45) is 0 Å². The van der Waals surface area contributed by atoms with Gasteiger partial charge in [0.05, 0.1) is 12.2 Å². The predicted octanol–water partition coefficient (Wildman–Crippen LogP) is 3.72. The Bertz CT molecular complexity index is 717. The molecule has 2 aromatic carbocycles. The highest BCUT2D eigenvalue weighted by Crippen LogP contribution is 2.61. The zero-order chi connectivity index (χ0) is 17.6. The molecule has 0 radical (unpaired) electrons. The van der Waals surface area contributed by atoms with E-state index in [1.54, 1.807) is 13.8 Å². The van der Waals surface area contributed by atoms with Crippen LogP contribution in [-0.2, 0) is 0 Å². The van der Waals surface area contributed by atoms with Gasteiger partial charge < -0.3 is 19.7 Å². The average molecular weight is 342 g/mol. The second-order valence-corrected chi connectivity index (χ2v) is 7.56. The lowest BCUT2D eigenvalue weighted by Gasteiger charge is -2.25. The van der Waals surface area contributed by atoms with E-state index >= 15 is 0 Å². The lowest BCUT2D eigenvalue weighted by molar-refractivity contribution is 0.120. The number of hydrogen-bond acceptors (Lipinski definition) is 4. The average Bonchev–Trinajstić information content (AvgIpc) is 3.19. The van der Waals surface area contributed by atoms with Gasteiger partial charge >= 0.3 is 0 Å². The van der Waals surface area contributed by atoms with E-state index in [9.17, 15) is 10.2 Å². The van der Waals surface area contributed by atoms with Gasteiger partial charge in [0, 0.05) is 21.9 Å². The zero-order valence-corrected chi connectivity index (χ0v) is 14.9. The van der Waals surface area contributed by atoms with E-state index in [4.69, 9.17) is 9.47 Å². The monoisotopic (exact) mass is 342 g/mol. The fraction of sp³-hybridized carbons (Fsp3) is 0.524. The van der Waals surface area contributed by atoms with Gasteiger partial charge in [0.25, 0.3) is 0 Å². The van der Waals surface area contributed by atoms with E-state index in [0.717, 1.165) is 28.7 Å². The predicted molar refractivity (Wildman–Crippen MR) is 97.6 cm³/mol. The van der Waals surface area contributed by atoms with Crippen molar-refractivity contribution in [2.75, 3.05) is 13.2 Å². The quantitative estimate of drug-likeness (QED) is 0.840. The second kappa shape index (κ2) is 6.50. The first kappa shape index (κ1) is 16.7. The molecule has 4 nitrogen and oxygen atoms in total. The molecule has 4 rings (SSSR count). The molecule has 2 bridgehead atoms. The zero-order valence-electron chi connectivity index (χ0n) is 14.9. The number of aliphatic hydroxyl groups is 2. The topological polar surface area (TPSA) is 58.9 Å². The van der Waals surface area contributed by atoms with Gasteiger partial charge in [-0.3, -0.25) is 0 Å². The highest BCUT2D eigenvalue weighted by atomic mass is 16.5. The number of aliphatic hydroxyl groups excluding tert-OH is 2. The van der Waals surface area contributed by atoms with E-state index < -0.39 is 12.2 Å². The smallest absolute Gasteiger partial charge is 0.131 e. The highest BCUT2D eigenvalue weighted by molar-refractivity contribution is 5.97. The molecule has 4 heteroatoms. The first-order valence-corrected chi connectivity index (χ1v) is 9.26. The highest BCUT2D eigenvalue weighted by Gasteiger charge is 2.42. The number of hydrogen-bond donors (Lipinski definition) is 2. The lowest BCUT2D eigenvalue weighted by atomic mass is 9.87. The van der Waals surface area contributed by atoms with Crippen LogP contribution in [0.5, 0.6) is 11.5 Å². The summed E-state index contributed by atoms with van der Waals surface area (Å²) in [6, 6.07) is 8.15. The van der Waals surface area contributed by atoms with Crippen LogP contribution in [0.15, 0.2) is 24.3 Å². The minimum Gasteiger partial charge on any atom is -0.490 e. The molecule has 2 aliphatic carbocycles. The molecule has 25 heavy (non-hydrogen) atoms. The summed E-state index contributed by atoms with van der Waals surface area (Å²) in [6.07, 6.45) is 2.54. The lowest BCUT2D eigenvalue weighted by Crippen LogP contribution is -2.17. The van der Waals surface area contributed by atoms with Crippen molar-refractivity contribution in [3.63, 3.8) is 0 Å². The third kappa shape index (κ3) is 2.87. The van der Waals surface area contributed by atoms with Gasteiger partial charge in [-0.1, -0.05) is 24.3 Å². The summed E-state index contributed by atoms with van der Waals surface area (Å²) in [7, 11) is 0. The van der Waals surface area contributed by atoms with Crippen LogP contribution >= 0.6 is 0 Å². The molecule has 0 spiro atoms. The number of benzene rings is 2. The summed E-state index contributed by atoms with van der Waals surface area (Å²) in [5.41, 5.74) is 2.55. The Hall–Kier alpha value is -1.78. The Morgan fingerprint density at radius 1 is 0.880 bits per heavy atom. The molecule has 1 saturated carbocycles. The SMILES string of the molecule is CC(O)COc1c2c(c(OCC(C)O)c3ccccc13)C1CCC2C1. The fourth-order valence-electron chi connectivity index (χ4n) is 4.45. The summed E-state index contributed by atoms with van der Waals surface area (Å²) in [6.45, 7) is 4.08. The summed E-state index contributed by atoms with van der Waals surface area (Å²) < 4.78 is 12.2. The van der Waals surface area contributed by atoms with Crippen LogP contribution in [0.25, 0.3) is 10.8 Å². The van der Waals surface area contributed by atoms with Crippen molar-refractivity contribution in [3.8, 4) is 11.5 Å². The Morgan fingerprint density at radius 2 is 1.32 bits per heavy atom. The van der Waals surface area contributed by atoms with Crippen LogP contribution in [0.3, 0.4) is 0 Å². The van der Waals surface area contributed by atoms with Crippen molar-refractivity contribution in [1.29, 1.82) is 0 Å². The van der Waals surface area contributed by atoms with Gasteiger partial charge in [-0.25, -0.2) is 0 Å². The van der Waals surface area contributed by atoms with Crippen molar-refractivity contribution >= 4 is 10.8 Å². The van der Waals surface area contributed by atoms with Crippen LogP contribution in [0.2, 0.25) is 0 Å². The van der Waals surface area contributed by atoms with Crippen molar-refractivity contribution < 1.29 is 19.7 Å². The maximum Gasteiger partial charge on any atom is 0.131 e. The first-order valence-electron chi connectivity index (χ1n) is 9.26. The number of fused-ring (bicyclic) bond motifs is 6. The number of rotatable bonds is 6. The Morgan fingerprint density at radius 3 is 1.72 bits per heavy atom. The van der Waals surface area contributed by atoms with E-state index in [2.05, 4.69) is 12.1 Å². The Labute approximate surface area is 148 Å². The molecule has 2 aromatic rings. The minimum absolute atomic E-state index is 0.293. The molecule has 0 saturated heterocycles. The van der Waals surface area contributed by atoms with Gasteiger partial charge in [0.1, 0.15) is 24.7 Å². The van der Waals surface area contributed by atoms with E-state index in [1.165, 1.54) is 24.0 Å². The third-order valence-electron chi connectivity index (χ3n) is 5.38. The summed E-state index contributed by atoms with van der Waals surface area (Å²) >= 11 is 0. The van der Waals surface area contributed by atoms with Crippen LogP contribution in [-0.4, -0.2) is 35.6 Å². The van der Waals surface area contributed by atoms with Gasteiger partial charge in [0.15, 0.2) is 0 Å². The standard InChI is InChI=1S/C21H26O4/c1-12(22)10-24-20-16-5-3-4-6-17(16)21(25-11-13(2)23)19-15-8-7-14(9-15)18(19)20/h3-6,12-15,22-23H,7-11H2,1-2H3. The van der Waals surface area contributed by atoms with Crippen molar-refractivity contribution in [3.05, 3.63) is 35.4 Å². The van der Waals surface area contributed by atoms with Crippen LogP contribution < -0.4 is 9.47 Å². The van der Waals surface area contributed by atoms with E-state index in [1.807, 2.05) is 12.1 Å². The Balaban J connectivity index is 1.90. The van der Waals surface area contributed by atoms with Crippen molar-refractivity contribution in [2.45, 2.75) is 57.2 Å². The molecule has 0 amide bonds. The molecule has 134 valence electrons. The summed E-state index contributed by atoms with van der Waals surface area (Å²) in [5.74, 6) is 2.87. The molecule has 2 aliphatic rings. The molecule has 4 unspecified atom stereocenters. The molecule has 0 aromatic heterocycles. The molecular weight excluding hydrogens is 316 g/mol. The normalized spacial score (nSPS) is 23.5. The van der Waals surface area contributed by atoms with Gasteiger partial charge in [-0.15, -0.1) is 0 Å². The molecule has 2 N–H and O–H groups in total. The molecule has 0 heterocycles. The first-order chi connectivity index (χ1) is 12.1.